The summed E-state index contributed by atoms with van der Waals surface area (Å²) in [6, 6.07) is 8.09. The van der Waals surface area contributed by atoms with Gasteiger partial charge in [-0.05, 0) is 5.56 Å². The lowest BCUT2D eigenvalue weighted by atomic mass is 10.1. The van der Waals surface area contributed by atoms with Crippen LogP contribution in [0.4, 0.5) is 5.13 Å². The van der Waals surface area contributed by atoms with Crippen molar-refractivity contribution in [1.82, 2.24) is 10.3 Å². The summed E-state index contributed by atoms with van der Waals surface area (Å²) in [7, 11) is 0. The molecule has 7 nitrogen and oxygen atoms in total. The van der Waals surface area contributed by atoms with Crippen molar-refractivity contribution in [2.45, 2.75) is 32.7 Å². The second-order valence-electron chi connectivity index (χ2n) is 6.11. The van der Waals surface area contributed by atoms with Crippen molar-refractivity contribution in [1.29, 1.82) is 0 Å². The maximum absolute atomic E-state index is 12.2. The Balaban J connectivity index is 1.93. The van der Waals surface area contributed by atoms with Gasteiger partial charge in [-0.15, -0.1) is 11.3 Å². The molecule has 138 valence electrons. The molecule has 0 radical (unpaired) electrons. The van der Waals surface area contributed by atoms with E-state index in [0.29, 0.717) is 10.8 Å². The van der Waals surface area contributed by atoms with E-state index < -0.39 is 17.9 Å². The second kappa shape index (κ2) is 9.10. The molecule has 3 N–H and O–H groups in total. The van der Waals surface area contributed by atoms with Crippen LogP contribution in [0.2, 0.25) is 0 Å². The molecule has 1 atom stereocenters. The SMILES string of the molecule is CC(C)C(=O)Nc1nc(CC(=O)N[C@@H](Cc2ccccc2)C(=O)O)cs1. The van der Waals surface area contributed by atoms with Crippen LogP contribution in [0.5, 0.6) is 0 Å². The predicted octanol–water partition coefficient (Wildman–Crippen LogP) is 2.09. The number of carboxylic acid groups (broad SMARTS) is 1. The summed E-state index contributed by atoms with van der Waals surface area (Å²) < 4.78 is 0. The van der Waals surface area contributed by atoms with Gasteiger partial charge < -0.3 is 15.7 Å². The Kier molecular flexibility index (Phi) is 6.85. The Morgan fingerprint density at radius 2 is 1.88 bits per heavy atom. The Labute approximate surface area is 155 Å². The Hall–Kier alpha value is -2.74. The zero-order valence-electron chi connectivity index (χ0n) is 14.6. The second-order valence-corrected chi connectivity index (χ2v) is 6.97. The van der Waals surface area contributed by atoms with E-state index in [0.717, 1.165) is 5.56 Å². The highest BCUT2D eigenvalue weighted by Crippen LogP contribution is 2.16. The van der Waals surface area contributed by atoms with Crippen LogP contribution in [0, 0.1) is 5.92 Å². The lowest BCUT2D eigenvalue weighted by Gasteiger charge is -2.14. The van der Waals surface area contributed by atoms with Gasteiger partial charge in [0.1, 0.15) is 6.04 Å². The molecular formula is C18H21N3O4S. The van der Waals surface area contributed by atoms with Gasteiger partial charge in [-0.2, -0.15) is 0 Å². The van der Waals surface area contributed by atoms with E-state index in [1.807, 2.05) is 30.3 Å². The number of amides is 2. The first-order valence-electron chi connectivity index (χ1n) is 8.16. The summed E-state index contributed by atoms with van der Waals surface area (Å²) >= 11 is 1.23. The molecule has 1 aromatic carbocycles. The molecule has 0 saturated carbocycles. The molecule has 2 amide bonds. The zero-order chi connectivity index (χ0) is 19.1. The topological polar surface area (TPSA) is 108 Å². The highest BCUT2D eigenvalue weighted by molar-refractivity contribution is 7.13. The molecule has 2 aromatic rings. The number of anilines is 1. The normalized spacial score (nSPS) is 11.8. The van der Waals surface area contributed by atoms with Gasteiger partial charge in [-0.1, -0.05) is 44.2 Å². The largest absolute Gasteiger partial charge is 0.480 e. The van der Waals surface area contributed by atoms with Crippen LogP contribution in [-0.2, 0) is 27.2 Å². The van der Waals surface area contributed by atoms with E-state index in [4.69, 9.17) is 0 Å². The fraction of sp³-hybridized carbons (Fsp3) is 0.333. The Bertz CT molecular complexity index is 774. The van der Waals surface area contributed by atoms with E-state index in [1.165, 1.54) is 11.3 Å². The van der Waals surface area contributed by atoms with Crippen LogP contribution in [0.1, 0.15) is 25.1 Å². The van der Waals surface area contributed by atoms with Crippen molar-refractivity contribution in [2.75, 3.05) is 5.32 Å². The number of nitrogens with one attached hydrogen (secondary N) is 2. The molecule has 1 heterocycles. The van der Waals surface area contributed by atoms with Crippen LogP contribution < -0.4 is 10.6 Å². The summed E-state index contributed by atoms with van der Waals surface area (Å²) in [4.78, 5) is 39.4. The molecule has 0 unspecified atom stereocenters. The minimum absolute atomic E-state index is 0.0490. The van der Waals surface area contributed by atoms with Gasteiger partial charge in [0.2, 0.25) is 11.8 Å². The van der Waals surface area contributed by atoms with Crippen molar-refractivity contribution in [2.24, 2.45) is 5.92 Å². The summed E-state index contributed by atoms with van der Waals surface area (Å²) in [5, 5.41) is 16.6. The number of aromatic nitrogens is 1. The number of benzene rings is 1. The molecule has 26 heavy (non-hydrogen) atoms. The van der Waals surface area contributed by atoms with E-state index >= 15 is 0 Å². The van der Waals surface area contributed by atoms with Crippen molar-refractivity contribution in [3.05, 3.63) is 47.0 Å². The van der Waals surface area contributed by atoms with E-state index in [1.54, 1.807) is 19.2 Å². The summed E-state index contributed by atoms with van der Waals surface area (Å²) in [6.45, 7) is 3.55. The molecule has 1 aromatic heterocycles. The molecule has 0 fully saturated rings. The molecule has 2 rings (SSSR count). The first kappa shape index (κ1) is 19.6. The first-order valence-corrected chi connectivity index (χ1v) is 9.04. The van der Waals surface area contributed by atoms with E-state index in [9.17, 15) is 19.5 Å². The van der Waals surface area contributed by atoms with Crippen LogP contribution in [0.25, 0.3) is 0 Å². The number of carboxylic acids is 1. The van der Waals surface area contributed by atoms with Crippen molar-refractivity contribution in [3.63, 3.8) is 0 Å². The minimum Gasteiger partial charge on any atom is -0.480 e. The standard InChI is InChI=1S/C18H21N3O4S/c1-11(2)16(23)21-18-19-13(10-26-18)9-15(22)20-14(17(24)25)8-12-6-4-3-5-7-12/h3-7,10-11,14H,8-9H2,1-2H3,(H,20,22)(H,24,25)(H,19,21,23)/t14-/m0/s1. The number of thiazole rings is 1. The van der Waals surface area contributed by atoms with Crippen LogP contribution >= 0.6 is 11.3 Å². The zero-order valence-corrected chi connectivity index (χ0v) is 15.4. The number of carbonyl (C=O) groups excluding carboxylic acids is 2. The molecule has 0 spiro atoms. The van der Waals surface area contributed by atoms with Gasteiger partial charge in [0.15, 0.2) is 5.13 Å². The lowest BCUT2D eigenvalue weighted by Crippen LogP contribution is -2.43. The number of aliphatic carboxylic acids is 1. The number of nitrogens with zero attached hydrogens (tertiary/aromatic N) is 1. The average Bonchev–Trinajstić information content (AvgIpc) is 3.01. The summed E-state index contributed by atoms with van der Waals surface area (Å²) in [6.07, 6.45) is 0.154. The smallest absolute Gasteiger partial charge is 0.326 e. The Morgan fingerprint density at radius 1 is 1.19 bits per heavy atom. The third-order valence-electron chi connectivity index (χ3n) is 3.56. The van der Waals surface area contributed by atoms with Gasteiger partial charge in [0.25, 0.3) is 0 Å². The number of rotatable bonds is 8. The lowest BCUT2D eigenvalue weighted by molar-refractivity contribution is -0.141. The van der Waals surface area contributed by atoms with Gasteiger partial charge in [-0.3, -0.25) is 9.59 Å². The number of hydrogen-bond acceptors (Lipinski definition) is 5. The fourth-order valence-electron chi connectivity index (χ4n) is 2.16. The third-order valence-corrected chi connectivity index (χ3v) is 4.37. The van der Waals surface area contributed by atoms with Crippen molar-refractivity contribution in [3.8, 4) is 0 Å². The van der Waals surface area contributed by atoms with Gasteiger partial charge in [0, 0.05) is 17.7 Å². The predicted molar refractivity (Wildman–Crippen MR) is 99.0 cm³/mol. The minimum atomic E-state index is -1.09. The maximum atomic E-state index is 12.2. The number of carbonyl (C=O) groups is 3. The summed E-state index contributed by atoms with van der Waals surface area (Å²) in [5.41, 5.74) is 1.31. The third kappa shape index (κ3) is 5.96. The molecular weight excluding hydrogens is 354 g/mol. The number of hydrogen-bond donors (Lipinski definition) is 3. The molecule has 0 aliphatic heterocycles. The molecule has 0 saturated heterocycles. The Morgan fingerprint density at radius 3 is 2.50 bits per heavy atom. The monoisotopic (exact) mass is 375 g/mol. The van der Waals surface area contributed by atoms with Gasteiger partial charge >= 0.3 is 5.97 Å². The van der Waals surface area contributed by atoms with Crippen LogP contribution in [0.15, 0.2) is 35.7 Å². The first-order chi connectivity index (χ1) is 12.3. The van der Waals surface area contributed by atoms with Gasteiger partial charge in [0.05, 0.1) is 12.1 Å². The molecule has 0 aliphatic rings. The molecule has 8 heteroatoms. The van der Waals surface area contributed by atoms with E-state index in [-0.39, 0.29) is 24.7 Å². The van der Waals surface area contributed by atoms with Crippen molar-refractivity contribution < 1.29 is 19.5 Å². The van der Waals surface area contributed by atoms with Gasteiger partial charge in [-0.25, -0.2) is 9.78 Å². The molecule has 0 aliphatic carbocycles. The average molecular weight is 375 g/mol. The quantitative estimate of drug-likeness (QED) is 0.655. The van der Waals surface area contributed by atoms with Crippen molar-refractivity contribution >= 4 is 34.3 Å². The summed E-state index contributed by atoms with van der Waals surface area (Å²) in [5.74, 6) is -1.84. The fourth-order valence-corrected chi connectivity index (χ4v) is 2.87. The maximum Gasteiger partial charge on any atom is 0.326 e. The van der Waals surface area contributed by atoms with E-state index in [2.05, 4.69) is 15.6 Å². The van der Waals surface area contributed by atoms with Crippen LogP contribution in [-0.4, -0.2) is 33.9 Å². The highest BCUT2D eigenvalue weighted by Gasteiger charge is 2.21. The highest BCUT2D eigenvalue weighted by atomic mass is 32.1. The molecule has 0 bridgehead atoms. The van der Waals surface area contributed by atoms with Crippen LogP contribution in [0.3, 0.4) is 0 Å².